The predicted molar refractivity (Wildman–Crippen MR) is 68.4 cm³/mol. The molecule has 0 saturated carbocycles. The number of ether oxygens (including phenoxy) is 3. The molecule has 2 unspecified atom stereocenters. The molecule has 7 nitrogen and oxygen atoms in total. The molecule has 0 aromatic carbocycles. The lowest BCUT2D eigenvalue weighted by molar-refractivity contribution is -0.150. The van der Waals surface area contributed by atoms with Crippen molar-refractivity contribution in [2.45, 2.75) is 6.42 Å². The standard InChI is InChI=1S/C13H19NO6/c1-14-6-9(12(16)19-3)8(5-11(15)18-2)10(7-14)13(17)20-4/h6,8,10H,5,7H2,1-4H3. The highest BCUT2D eigenvalue weighted by molar-refractivity contribution is 5.91. The van der Waals surface area contributed by atoms with Crippen LogP contribution in [0.4, 0.5) is 0 Å². The fourth-order valence-corrected chi connectivity index (χ4v) is 2.27. The van der Waals surface area contributed by atoms with E-state index in [-0.39, 0.29) is 12.0 Å². The van der Waals surface area contributed by atoms with Crippen molar-refractivity contribution in [3.63, 3.8) is 0 Å². The molecule has 0 fully saturated rings. The van der Waals surface area contributed by atoms with E-state index < -0.39 is 29.7 Å². The molecule has 0 aliphatic carbocycles. The van der Waals surface area contributed by atoms with Crippen LogP contribution in [0, 0.1) is 11.8 Å². The van der Waals surface area contributed by atoms with Crippen LogP contribution in [-0.4, -0.2) is 57.7 Å². The van der Waals surface area contributed by atoms with Crippen molar-refractivity contribution >= 4 is 17.9 Å². The lowest BCUT2D eigenvalue weighted by Crippen LogP contribution is -2.42. The Balaban J connectivity index is 3.12. The van der Waals surface area contributed by atoms with Gasteiger partial charge in [-0.3, -0.25) is 9.59 Å². The number of nitrogens with zero attached hydrogens (tertiary/aromatic N) is 1. The van der Waals surface area contributed by atoms with E-state index in [9.17, 15) is 14.4 Å². The second-order valence-electron chi connectivity index (χ2n) is 4.53. The summed E-state index contributed by atoms with van der Waals surface area (Å²) in [5.41, 5.74) is 0.266. The van der Waals surface area contributed by atoms with Gasteiger partial charge in [-0.25, -0.2) is 4.79 Å². The molecule has 0 amide bonds. The van der Waals surface area contributed by atoms with Crippen LogP contribution in [0.3, 0.4) is 0 Å². The molecule has 0 saturated heterocycles. The van der Waals surface area contributed by atoms with Gasteiger partial charge in [-0.1, -0.05) is 0 Å². The molecule has 7 heteroatoms. The van der Waals surface area contributed by atoms with Gasteiger partial charge in [0.05, 0.1) is 39.2 Å². The Labute approximate surface area is 117 Å². The van der Waals surface area contributed by atoms with E-state index in [1.807, 2.05) is 0 Å². The van der Waals surface area contributed by atoms with Gasteiger partial charge in [0.15, 0.2) is 0 Å². The molecule has 0 aromatic rings. The summed E-state index contributed by atoms with van der Waals surface area (Å²) in [4.78, 5) is 36.9. The van der Waals surface area contributed by atoms with E-state index in [2.05, 4.69) is 4.74 Å². The van der Waals surface area contributed by atoms with Gasteiger partial charge >= 0.3 is 17.9 Å². The summed E-state index contributed by atoms with van der Waals surface area (Å²) in [6.07, 6.45) is 1.50. The molecule has 0 N–H and O–H groups in total. The summed E-state index contributed by atoms with van der Waals surface area (Å²) in [7, 11) is 5.51. The monoisotopic (exact) mass is 285 g/mol. The van der Waals surface area contributed by atoms with Crippen molar-refractivity contribution in [2.75, 3.05) is 34.9 Å². The van der Waals surface area contributed by atoms with Gasteiger partial charge in [-0.15, -0.1) is 0 Å². The summed E-state index contributed by atoms with van der Waals surface area (Å²) in [6.45, 7) is 0.356. The van der Waals surface area contributed by atoms with Gasteiger partial charge in [0.1, 0.15) is 0 Å². The summed E-state index contributed by atoms with van der Waals surface area (Å²) in [5.74, 6) is -2.77. The fourth-order valence-electron chi connectivity index (χ4n) is 2.27. The quantitative estimate of drug-likeness (QED) is 0.529. The van der Waals surface area contributed by atoms with E-state index in [4.69, 9.17) is 9.47 Å². The van der Waals surface area contributed by atoms with Crippen LogP contribution in [0.1, 0.15) is 6.42 Å². The average Bonchev–Trinajstić information content (AvgIpc) is 2.46. The smallest absolute Gasteiger partial charge is 0.335 e. The predicted octanol–water partition coefficient (Wildman–Crippen LogP) is -0.0428. The van der Waals surface area contributed by atoms with Gasteiger partial charge < -0.3 is 19.1 Å². The van der Waals surface area contributed by atoms with Crippen LogP contribution >= 0.6 is 0 Å². The van der Waals surface area contributed by atoms with Crippen molar-refractivity contribution in [3.8, 4) is 0 Å². The van der Waals surface area contributed by atoms with E-state index in [1.54, 1.807) is 18.1 Å². The van der Waals surface area contributed by atoms with Crippen molar-refractivity contribution in [3.05, 3.63) is 11.8 Å². The Morgan fingerprint density at radius 2 is 1.85 bits per heavy atom. The molecular weight excluding hydrogens is 266 g/mol. The van der Waals surface area contributed by atoms with Gasteiger partial charge in [0.25, 0.3) is 0 Å². The molecule has 20 heavy (non-hydrogen) atoms. The Bertz CT molecular complexity index is 431. The summed E-state index contributed by atoms with van der Waals surface area (Å²) < 4.78 is 14.1. The van der Waals surface area contributed by atoms with Gasteiger partial charge in [0.2, 0.25) is 0 Å². The first-order valence-corrected chi connectivity index (χ1v) is 6.09. The van der Waals surface area contributed by atoms with Crippen LogP contribution in [-0.2, 0) is 28.6 Å². The largest absolute Gasteiger partial charge is 0.469 e. The van der Waals surface area contributed by atoms with Crippen LogP contribution < -0.4 is 0 Å². The lowest BCUT2D eigenvalue weighted by atomic mass is 9.81. The summed E-state index contributed by atoms with van der Waals surface area (Å²) in [6, 6.07) is 0. The van der Waals surface area contributed by atoms with Crippen molar-refractivity contribution in [1.29, 1.82) is 0 Å². The molecule has 1 aliphatic rings. The number of hydrogen-bond donors (Lipinski definition) is 0. The zero-order chi connectivity index (χ0) is 15.3. The highest BCUT2D eigenvalue weighted by Crippen LogP contribution is 2.31. The first-order chi connectivity index (χ1) is 9.44. The second-order valence-corrected chi connectivity index (χ2v) is 4.53. The maximum absolute atomic E-state index is 11.9. The zero-order valence-corrected chi connectivity index (χ0v) is 12.0. The minimum atomic E-state index is -0.622. The van der Waals surface area contributed by atoms with E-state index in [1.165, 1.54) is 21.3 Å². The van der Waals surface area contributed by atoms with Gasteiger partial charge in [-0.2, -0.15) is 0 Å². The minimum Gasteiger partial charge on any atom is -0.469 e. The second kappa shape index (κ2) is 6.93. The third-order valence-corrected chi connectivity index (χ3v) is 3.27. The van der Waals surface area contributed by atoms with Crippen molar-refractivity contribution < 1.29 is 28.6 Å². The molecule has 2 atom stereocenters. The molecule has 1 rings (SSSR count). The molecule has 112 valence electrons. The molecule has 0 radical (unpaired) electrons. The summed E-state index contributed by atoms with van der Waals surface area (Å²) in [5, 5.41) is 0. The minimum absolute atomic E-state index is 0.0783. The van der Waals surface area contributed by atoms with Crippen molar-refractivity contribution in [1.82, 2.24) is 4.90 Å². The van der Waals surface area contributed by atoms with E-state index >= 15 is 0 Å². The van der Waals surface area contributed by atoms with Crippen molar-refractivity contribution in [2.24, 2.45) is 11.8 Å². The SMILES string of the molecule is COC(=O)CC1C(C(=O)OC)=CN(C)CC1C(=O)OC. The maximum Gasteiger partial charge on any atom is 0.335 e. The molecule has 1 heterocycles. The topological polar surface area (TPSA) is 82.1 Å². The number of carbonyl (C=O) groups is 3. The maximum atomic E-state index is 11.9. The number of esters is 3. The lowest BCUT2D eigenvalue weighted by Gasteiger charge is -2.34. The van der Waals surface area contributed by atoms with Crippen LogP contribution in [0.2, 0.25) is 0 Å². The number of carbonyl (C=O) groups excluding carboxylic acids is 3. The molecule has 1 aliphatic heterocycles. The Hall–Kier alpha value is -2.05. The molecular formula is C13H19NO6. The van der Waals surface area contributed by atoms with Gasteiger partial charge in [-0.05, 0) is 0 Å². The molecule has 0 spiro atoms. The summed E-state index contributed by atoms with van der Waals surface area (Å²) >= 11 is 0. The van der Waals surface area contributed by atoms with E-state index in [0.29, 0.717) is 6.54 Å². The van der Waals surface area contributed by atoms with Crippen LogP contribution in [0.15, 0.2) is 11.8 Å². The Morgan fingerprint density at radius 3 is 2.35 bits per heavy atom. The number of methoxy groups -OCH3 is 3. The normalized spacial score (nSPS) is 21.8. The van der Waals surface area contributed by atoms with Crippen LogP contribution in [0.25, 0.3) is 0 Å². The molecule has 0 bridgehead atoms. The highest BCUT2D eigenvalue weighted by Gasteiger charge is 2.40. The highest BCUT2D eigenvalue weighted by atomic mass is 16.5. The zero-order valence-electron chi connectivity index (χ0n) is 12.0. The Kier molecular flexibility index (Phi) is 5.54. The Morgan fingerprint density at radius 1 is 1.20 bits per heavy atom. The van der Waals surface area contributed by atoms with E-state index in [0.717, 1.165) is 0 Å². The average molecular weight is 285 g/mol. The number of rotatable bonds is 4. The third kappa shape index (κ3) is 3.49. The first-order valence-electron chi connectivity index (χ1n) is 6.09. The number of hydrogen-bond acceptors (Lipinski definition) is 7. The van der Waals surface area contributed by atoms with Crippen LogP contribution in [0.5, 0.6) is 0 Å². The fraction of sp³-hybridized carbons (Fsp3) is 0.615. The third-order valence-electron chi connectivity index (χ3n) is 3.27. The molecule has 0 aromatic heterocycles. The van der Waals surface area contributed by atoms with Gasteiger partial charge in [0, 0.05) is 25.7 Å². The first kappa shape index (κ1) is 16.0.